The summed E-state index contributed by atoms with van der Waals surface area (Å²) in [6.07, 6.45) is 1.63. The average Bonchev–Trinajstić information content (AvgIpc) is 2.58. The number of nitrogens with one attached hydrogen (secondary N) is 2. The van der Waals surface area contributed by atoms with E-state index in [1.54, 1.807) is 0 Å². The molecule has 1 saturated heterocycles. The molecule has 0 atom stereocenters. The number of amides is 1. The van der Waals surface area contributed by atoms with Crippen LogP contribution in [-0.4, -0.2) is 43.9 Å². The summed E-state index contributed by atoms with van der Waals surface area (Å²) in [6, 6.07) is 10.3. The summed E-state index contributed by atoms with van der Waals surface area (Å²) in [5.74, 6) is 0. The van der Waals surface area contributed by atoms with Gasteiger partial charge in [0.05, 0.1) is 11.3 Å². The van der Waals surface area contributed by atoms with Crippen LogP contribution in [-0.2, 0) is 4.74 Å². The summed E-state index contributed by atoms with van der Waals surface area (Å²) in [7, 11) is 0. The summed E-state index contributed by atoms with van der Waals surface area (Å²) in [4.78, 5) is 14.1. The first-order valence-corrected chi connectivity index (χ1v) is 8.84. The molecule has 6 nitrogen and oxygen atoms in total. The highest BCUT2D eigenvalue weighted by Gasteiger charge is 2.23. The molecular weight excluding hydrogens is 316 g/mol. The molecular formula is C19H28N4O2. The molecule has 0 aromatic heterocycles. The Morgan fingerprint density at radius 3 is 2.68 bits per heavy atom. The fourth-order valence-electron chi connectivity index (χ4n) is 3.03. The van der Waals surface area contributed by atoms with Crippen molar-refractivity contribution in [3.8, 4) is 6.07 Å². The first-order chi connectivity index (χ1) is 11.9. The number of nitrogens with zero attached hydrogens (tertiary/aromatic N) is 2. The Bertz CT molecular complexity index is 613. The zero-order valence-electron chi connectivity index (χ0n) is 15.3. The first kappa shape index (κ1) is 19.1. The van der Waals surface area contributed by atoms with E-state index < -0.39 is 11.7 Å². The van der Waals surface area contributed by atoms with Crippen LogP contribution in [0.15, 0.2) is 24.3 Å². The first-order valence-electron chi connectivity index (χ1n) is 8.84. The van der Waals surface area contributed by atoms with Crippen LogP contribution in [0.5, 0.6) is 0 Å². The molecule has 0 saturated carbocycles. The molecule has 2 rings (SSSR count). The smallest absolute Gasteiger partial charge is 0.407 e. The summed E-state index contributed by atoms with van der Waals surface area (Å²) in [5.41, 5.74) is 1.09. The van der Waals surface area contributed by atoms with Crippen LogP contribution in [0, 0.1) is 11.3 Å². The van der Waals surface area contributed by atoms with Crippen molar-refractivity contribution in [3.05, 3.63) is 29.8 Å². The number of ether oxygens (including phenoxy) is 1. The highest BCUT2D eigenvalue weighted by Crippen LogP contribution is 2.25. The number of alkyl carbamates (subject to hydrolysis) is 1. The van der Waals surface area contributed by atoms with Crippen molar-refractivity contribution in [2.24, 2.45) is 0 Å². The molecule has 136 valence electrons. The van der Waals surface area contributed by atoms with E-state index >= 15 is 0 Å². The van der Waals surface area contributed by atoms with Crippen LogP contribution in [0.1, 0.15) is 39.2 Å². The summed E-state index contributed by atoms with van der Waals surface area (Å²) in [5, 5.41) is 15.6. The maximum absolute atomic E-state index is 11.9. The van der Waals surface area contributed by atoms with E-state index in [1.165, 1.54) is 0 Å². The minimum Gasteiger partial charge on any atom is -0.444 e. The van der Waals surface area contributed by atoms with Crippen molar-refractivity contribution in [1.82, 2.24) is 10.6 Å². The molecule has 1 amide bonds. The van der Waals surface area contributed by atoms with Crippen LogP contribution < -0.4 is 15.5 Å². The molecule has 2 N–H and O–H groups in total. The van der Waals surface area contributed by atoms with Crippen LogP contribution in [0.25, 0.3) is 0 Å². The molecule has 1 heterocycles. The Morgan fingerprint density at radius 1 is 1.36 bits per heavy atom. The van der Waals surface area contributed by atoms with Gasteiger partial charge < -0.3 is 20.3 Å². The van der Waals surface area contributed by atoms with Gasteiger partial charge >= 0.3 is 6.09 Å². The summed E-state index contributed by atoms with van der Waals surface area (Å²) in [6.45, 7) is 8.58. The molecule has 0 aliphatic carbocycles. The highest BCUT2D eigenvalue weighted by atomic mass is 16.6. The molecule has 1 aliphatic rings. The van der Waals surface area contributed by atoms with E-state index in [1.807, 2.05) is 45.0 Å². The fraction of sp³-hybridized carbons (Fsp3) is 0.579. The molecule has 1 aromatic rings. The third-order valence-electron chi connectivity index (χ3n) is 4.10. The molecule has 0 radical (unpaired) electrons. The van der Waals surface area contributed by atoms with Crippen molar-refractivity contribution in [1.29, 1.82) is 5.26 Å². The standard InChI is InChI=1S/C19H28N4O2/c1-19(2,3)25-18(24)22-12-13-23(16-8-10-21-11-9-16)17-7-5-4-6-15(17)14-20/h4-7,16,21H,8-13H2,1-3H3,(H,22,24). The Hall–Kier alpha value is -2.26. The number of carbonyl (C=O) groups is 1. The minimum atomic E-state index is -0.508. The lowest BCUT2D eigenvalue weighted by Crippen LogP contribution is -2.47. The number of piperidine rings is 1. The molecule has 0 spiro atoms. The lowest BCUT2D eigenvalue weighted by molar-refractivity contribution is 0.0529. The zero-order chi connectivity index (χ0) is 18.3. The molecule has 1 aliphatic heterocycles. The maximum Gasteiger partial charge on any atom is 0.407 e. The van der Waals surface area contributed by atoms with E-state index in [0.29, 0.717) is 24.7 Å². The second-order valence-electron chi connectivity index (χ2n) is 7.23. The molecule has 0 unspecified atom stereocenters. The third-order valence-corrected chi connectivity index (χ3v) is 4.10. The van der Waals surface area contributed by atoms with Gasteiger partial charge in [-0.1, -0.05) is 12.1 Å². The topological polar surface area (TPSA) is 77.4 Å². The van der Waals surface area contributed by atoms with Gasteiger partial charge in [-0.2, -0.15) is 5.26 Å². The molecule has 1 aromatic carbocycles. The van der Waals surface area contributed by atoms with Gasteiger partial charge in [-0.3, -0.25) is 0 Å². The molecule has 25 heavy (non-hydrogen) atoms. The van der Waals surface area contributed by atoms with Gasteiger partial charge in [-0.25, -0.2) is 4.79 Å². The zero-order valence-corrected chi connectivity index (χ0v) is 15.3. The Morgan fingerprint density at radius 2 is 2.04 bits per heavy atom. The summed E-state index contributed by atoms with van der Waals surface area (Å²) >= 11 is 0. The normalized spacial score (nSPS) is 15.3. The third kappa shape index (κ3) is 5.95. The van der Waals surface area contributed by atoms with Gasteiger partial charge in [0.1, 0.15) is 11.7 Å². The fourth-order valence-corrected chi connectivity index (χ4v) is 3.03. The number of benzene rings is 1. The Labute approximate surface area is 150 Å². The SMILES string of the molecule is CC(C)(C)OC(=O)NCCN(c1ccccc1C#N)C1CCNCC1. The van der Waals surface area contributed by atoms with E-state index in [4.69, 9.17) is 4.74 Å². The van der Waals surface area contributed by atoms with E-state index in [9.17, 15) is 10.1 Å². The molecule has 0 bridgehead atoms. The number of rotatable bonds is 5. The number of anilines is 1. The van der Waals surface area contributed by atoms with E-state index in [2.05, 4.69) is 21.6 Å². The van der Waals surface area contributed by atoms with Crippen LogP contribution in [0.3, 0.4) is 0 Å². The van der Waals surface area contributed by atoms with Gasteiger partial charge in [-0.05, 0) is 58.8 Å². The van der Waals surface area contributed by atoms with Crippen LogP contribution >= 0.6 is 0 Å². The van der Waals surface area contributed by atoms with Crippen molar-refractivity contribution in [2.45, 2.75) is 45.3 Å². The number of para-hydroxylation sites is 1. The van der Waals surface area contributed by atoms with Gasteiger partial charge in [-0.15, -0.1) is 0 Å². The molecule has 1 fully saturated rings. The van der Waals surface area contributed by atoms with E-state index in [-0.39, 0.29) is 0 Å². The lowest BCUT2D eigenvalue weighted by atomic mass is 10.0. The maximum atomic E-state index is 11.9. The lowest BCUT2D eigenvalue weighted by Gasteiger charge is -2.37. The Balaban J connectivity index is 2.05. The van der Waals surface area contributed by atoms with Gasteiger partial charge in [0.15, 0.2) is 0 Å². The monoisotopic (exact) mass is 344 g/mol. The second kappa shape index (κ2) is 8.72. The van der Waals surface area contributed by atoms with Crippen LogP contribution in [0.4, 0.5) is 10.5 Å². The second-order valence-corrected chi connectivity index (χ2v) is 7.23. The van der Waals surface area contributed by atoms with Crippen molar-refractivity contribution < 1.29 is 9.53 Å². The average molecular weight is 344 g/mol. The predicted molar refractivity (Wildman–Crippen MR) is 98.6 cm³/mol. The van der Waals surface area contributed by atoms with Crippen LogP contribution in [0.2, 0.25) is 0 Å². The van der Waals surface area contributed by atoms with Crippen molar-refractivity contribution >= 4 is 11.8 Å². The number of hydrogen-bond donors (Lipinski definition) is 2. The largest absolute Gasteiger partial charge is 0.444 e. The predicted octanol–water partition coefficient (Wildman–Crippen LogP) is 2.64. The quantitative estimate of drug-likeness (QED) is 0.859. The number of nitriles is 1. The van der Waals surface area contributed by atoms with Crippen molar-refractivity contribution in [3.63, 3.8) is 0 Å². The number of carbonyl (C=O) groups excluding carboxylic acids is 1. The van der Waals surface area contributed by atoms with Crippen molar-refractivity contribution in [2.75, 3.05) is 31.1 Å². The number of hydrogen-bond acceptors (Lipinski definition) is 5. The van der Waals surface area contributed by atoms with Gasteiger partial charge in [0.2, 0.25) is 0 Å². The Kier molecular flexibility index (Phi) is 6.65. The van der Waals surface area contributed by atoms with E-state index in [0.717, 1.165) is 31.6 Å². The van der Waals surface area contributed by atoms with Gasteiger partial charge in [0, 0.05) is 19.1 Å². The van der Waals surface area contributed by atoms with Gasteiger partial charge in [0.25, 0.3) is 0 Å². The molecule has 6 heteroatoms. The summed E-state index contributed by atoms with van der Waals surface area (Å²) < 4.78 is 5.28. The highest BCUT2D eigenvalue weighted by molar-refractivity contribution is 5.67. The minimum absolute atomic E-state index is 0.358.